The maximum Gasteiger partial charge on any atom is 0.281 e. The Morgan fingerprint density at radius 3 is 3.04 bits per heavy atom. The zero-order valence-electron chi connectivity index (χ0n) is 12.9. The molecule has 1 saturated heterocycles. The summed E-state index contributed by atoms with van der Waals surface area (Å²) in [7, 11) is 0. The topological polar surface area (TPSA) is 75.1 Å². The normalized spacial score (nSPS) is 16.2. The molecule has 0 spiro atoms. The fourth-order valence-corrected chi connectivity index (χ4v) is 3.79. The summed E-state index contributed by atoms with van der Waals surface area (Å²) in [6, 6.07) is 4.13. The van der Waals surface area contributed by atoms with Crippen LogP contribution in [-0.4, -0.2) is 33.5 Å². The summed E-state index contributed by atoms with van der Waals surface area (Å²) in [5, 5.41) is 6.16. The number of rotatable bonds is 2. The monoisotopic (exact) mass is 363 g/mol. The van der Waals surface area contributed by atoms with Crippen molar-refractivity contribution in [2.45, 2.75) is 18.9 Å². The first-order chi connectivity index (χ1) is 11.3. The number of halogens is 1. The Labute approximate surface area is 149 Å². The van der Waals surface area contributed by atoms with E-state index in [1.165, 1.54) is 11.3 Å². The highest BCUT2D eigenvalue weighted by Crippen LogP contribution is 2.18. The number of hydrogen-bond acceptors (Lipinski definition) is 4. The molecule has 0 unspecified atom stereocenters. The maximum absolute atomic E-state index is 12.6. The highest BCUT2D eigenvalue weighted by molar-refractivity contribution is 7.07. The first-order valence-electron chi connectivity index (χ1n) is 7.70. The van der Waals surface area contributed by atoms with Gasteiger partial charge in [0.1, 0.15) is 5.65 Å². The number of aromatic nitrogens is 3. The number of fused-ring (bicyclic) bond motifs is 1. The van der Waals surface area contributed by atoms with Gasteiger partial charge >= 0.3 is 0 Å². The smallest absolute Gasteiger partial charge is 0.281 e. The zero-order chi connectivity index (χ0) is 15.6. The van der Waals surface area contributed by atoms with E-state index in [0.717, 1.165) is 36.1 Å². The summed E-state index contributed by atoms with van der Waals surface area (Å²) in [6.07, 6.45) is 7.55. The Morgan fingerprint density at radius 2 is 2.21 bits per heavy atom. The molecule has 1 aliphatic rings. The van der Waals surface area contributed by atoms with Gasteiger partial charge in [-0.25, -0.2) is 4.98 Å². The molecular weight excluding hydrogens is 346 g/mol. The van der Waals surface area contributed by atoms with Gasteiger partial charge in [-0.15, -0.1) is 23.7 Å². The summed E-state index contributed by atoms with van der Waals surface area (Å²) >= 11 is 1.50. The van der Waals surface area contributed by atoms with Gasteiger partial charge in [0.2, 0.25) is 0 Å². The zero-order valence-corrected chi connectivity index (χ0v) is 14.6. The number of carbonyl (C=O) groups is 1. The quantitative estimate of drug-likeness (QED) is 0.734. The number of nitrogens with one attached hydrogen (secondary N) is 2. The van der Waals surface area contributed by atoms with Crippen molar-refractivity contribution in [2.24, 2.45) is 4.99 Å². The van der Waals surface area contributed by atoms with Gasteiger partial charge in [-0.1, -0.05) is 0 Å². The van der Waals surface area contributed by atoms with Gasteiger partial charge in [0.25, 0.3) is 5.91 Å². The van der Waals surface area contributed by atoms with Gasteiger partial charge in [-0.3, -0.25) is 4.79 Å². The second kappa shape index (κ2) is 7.29. The van der Waals surface area contributed by atoms with Crippen molar-refractivity contribution in [2.75, 3.05) is 13.1 Å². The SMILES string of the molecule is Cl.O=C(N=c1sccn1C1CCNCC1)c1c[nH]c2ncccc12. The van der Waals surface area contributed by atoms with Crippen LogP contribution >= 0.6 is 23.7 Å². The van der Waals surface area contributed by atoms with Gasteiger partial charge in [-0.2, -0.15) is 4.99 Å². The van der Waals surface area contributed by atoms with Crippen molar-refractivity contribution in [1.82, 2.24) is 19.9 Å². The third-order valence-corrected chi connectivity index (χ3v) is 4.97. The Morgan fingerprint density at radius 1 is 1.38 bits per heavy atom. The highest BCUT2D eigenvalue weighted by atomic mass is 35.5. The van der Waals surface area contributed by atoms with Crippen molar-refractivity contribution < 1.29 is 4.79 Å². The van der Waals surface area contributed by atoms with Crippen molar-refractivity contribution in [3.8, 4) is 0 Å². The molecular formula is C16H18ClN5OS. The first kappa shape index (κ1) is 16.9. The molecule has 126 valence electrons. The third kappa shape index (κ3) is 3.15. The standard InChI is InChI=1S/C16H17N5OS.ClH/c22-15(13-10-19-14-12(13)2-1-5-18-14)20-16-21(8-9-23-16)11-3-6-17-7-4-11;/h1-2,5,8-11,17H,3-4,6-7H2,(H,18,19);1H. The minimum absolute atomic E-state index is 0. The van der Waals surface area contributed by atoms with Gasteiger partial charge < -0.3 is 14.9 Å². The fraction of sp³-hybridized carbons (Fsp3) is 0.312. The summed E-state index contributed by atoms with van der Waals surface area (Å²) in [5.41, 5.74) is 1.28. The molecule has 1 amide bonds. The Bertz CT molecular complexity index is 906. The molecule has 6 nitrogen and oxygen atoms in total. The van der Waals surface area contributed by atoms with Crippen LogP contribution in [0, 0.1) is 0 Å². The van der Waals surface area contributed by atoms with Gasteiger partial charge in [0.15, 0.2) is 4.80 Å². The van der Waals surface area contributed by atoms with E-state index in [-0.39, 0.29) is 18.3 Å². The van der Waals surface area contributed by atoms with Crippen molar-refractivity contribution in [3.63, 3.8) is 0 Å². The molecule has 4 rings (SSSR count). The third-order valence-electron chi connectivity index (χ3n) is 4.20. The van der Waals surface area contributed by atoms with E-state index in [4.69, 9.17) is 0 Å². The molecule has 4 heterocycles. The van der Waals surface area contributed by atoms with Crippen LogP contribution in [0.15, 0.2) is 41.1 Å². The van der Waals surface area contributed by atoms with E-state index in [2.05, 4.69) is 24.8 Å². The number of thiazole rings is 1. The number of aromatic amines is 1. The molecule has 24 heavy (non-hydrogen) atoms. The Balaban J connectivity index is 0.00000169. The van der Waals surface area contributed by atoms with E-state index in [9.17, 15) is 4.79 Å². The summed E-state index contributed by atoms with van der Waals surface area (Å²) < 4.78 is 2.14. The van der Waals surface area contributed by atoms with Crippen molar-refractivity contribution >= 4 is 40.7 Å². The average Bonchev–Trinajstić information content (AvgIpc) is 3.22. The number of piperidine rings is 1. The predicted molar refractivity (Wildman–Crippen MR) is 96.7 cm³/mol. The molecule has 0 atom stereocenters. The van der Waals surface area contributed by atoms with Crippen LogP contribution in [0.2, 0.25) is 0 Å². The minimum Gasteiger partial charge on any atom is -0.345 e. The number of pyridine rings is 1. The molecule has 0 radical (unpaired) electrons. The largest absolute Gasteiger partial charge is 0.345 e. The van der Waals surface area contributed by atoms with Crippen LogP contribution in [0.4, 0.5) is 0 Å². The Kier molecular flexibility index (Phi) is 5.13. The number of nitrogens with zero attached hydrogens (tertiary/aromatic N) is 3. The van der Waals surface area contributed by atoms with Crippen LogP contribution in [0.1, 0.15) is 29.2 Å². The second-order valence-corrected chi connectivity index (χ2v) is 6.47. The van der Waals surface area contributed by atoms with E-state index >= 15 is 0 Å². The number of H-pyrrole nitrogens is 1. The van der Waals surface area contributed by atoms with Crippen molar-refractivity contribution in [1.29, 1.82) is 0 Å². The fourth-order valence-electron chi connectivity index (χ4n) is 3.01. The van der Waals surface area contributed by atoms with Gasteiger partial charge in [0, 0.05) is 35.4 Å². The number of carbonyl (C=O) groups excluding carboxylic acids is 1. The summed E-state index contributed by atoms with van der Waals surface area (Å²) in [6.45, 7) is 2.02. The molecule has 2 N–H and O–H groups in total. The second-order valence-electron chi connectivity index (χ2n) is 5.59. The van der Waals surface area contributed by atoms with Crippen molar-refractivity contribution in [3.05, 3.63) is 46.5 Å². The molecule has 3 aromatic heterocycles. The first-order valence-corrected chi connectivity index (χ1v) is 8.58. The number of hydrogen-bond donors (Lipinski definition) is 2. The van der Waals surface area contributed by atoms with Crippen LogP contribution < -0.4 is 10.1 Å². The lowest BCUT2D eigenvalue weighted by molar-refractivity contribution is 0.0999. The van der Waals surface area contributed by atoms with E-state index in [1.807, 2.05) is 23.7 Å². The average molecular weight is 364 g/mol. The Hall–Kier alpha value is -1.96. The van der Waals surface area contributed by atoms with E-state index in [0.29, 0.717) is 17.3 Å². The molecule has 1 fully saturated rings. The molecule has 0 aromatic carbocycles. The summed E-state index contributed by atoms with van der Waals surface area (Å²) in [4.78, 5) is 25.0. The van der Waals surface area contributed by atoms with E-state index < -0.39 is 0 Å². The maximum atomic E-state index is 12.6. The molecule has 0 saturated carbocycles. The lowest BCUT2D eigenvalue weighted by Crippen LogP contribution is -2.32. The molecule has 8 heteroatoms. The van der Waals surface area contributed by atoms with Crippen LogP contribution in [0.3, 0.4) is 0 Å². The van der Waals surface area contributed by atoms with Crippen LogP contribution in [-0.2, 0) is 0 Å². The highest BCUT2D eigenvalue weighted by Gasteiger charge is 2.17. The predicted octanol–water partition coefficient (Wildman–Crippen LogP) is 2.51. The molecule has 0 bridgehead atoms. The van der Waals surface area contributed by atoms with Crippen LogP contribution in [0.25, 0.3) is 11.0 Å². The van der Waals surface area contributed by atoms with Gasteiger partial charge in [0.05, 0.1) is 5.56 Å². The van der Waals surface area contributed by atoms with Crippen LogP contribution in [0.5, 0.6) is 0 Å². The van der Waals surface area contributed by atoms with E-state index in [1.54, 1.807) is 12.4 Å². The minimum atomic E-state index is -0.227. The number of amides is 1. The molecule has 1 aliphatic heterocycles. The molecule has 3 aromatic rings. The lowest BCUT2D eigenvalue weighted by atomic mass is 10.1. The summed E-state index contributed by atoms with van der Waals surface area (Å²) in [5.74, 6) is -0.227. The lowest BCUT2D eigenvalue weighted by Gasteiger charge is -2.23. The van der Waals surface area contributed by atoms with Gasteiger partial charge in [-0.05, 0) is 38.1 Å². The molecule has 0 aliphatic carbocycles.